The van der Waals surface area contributed by atoms with Gasteiger partial charge in [0.25, 0.3) is 5.91 Å². The van der Waals surface area contributed by atoms with Gasteiger partial charge in [0.15, 0.2) is 0 Å². The summed E-state index contributed by atoms with van der Waals surface area (Å²) in [5.74, 6) is 2.80. The van der Waals surface area contributed by atoms with Crippen molar-refractivity contribution in [1.29, 1.82) is 0 Å². The van der Waals surface area contributed by atoms with Crippen LogP contribution in [0, 0.1) is 12.3 Å². The van der Waals surface area contributed by atoms with Crippen LogP contribution in [-0.2, 0) is 4.79 Å². The Morgan fingerprint density at radius 3 is 2.67 bits per heavy atom. The highest BCUT2D eigenvalue weighted by atomic mass is 32.1. The lowest BCUT2D eigenvalue weighted by Crippen LogP contribution is -2.31. The van der Waals surface area contributed by atoms with Gasteiger partial charge in [0, 0.05) is 36.6 Å². The van der Waals surface area contributed by atoms with Gasteiger partial charge in [-0.2, -0.15) is 11.3 Å². The van der Waals surface area contributed by atoms with Crippen molar-refractivity contribution in [2.75, 3.05) is 25.1 Å². The number of hydrogen-bond acceptors (Lipinski definition) is 4. The monoisotopic (exact) mass is 342 g/mol. The van der Waals surface area contributed by atoms with E-state index in [9.17, 15) is 9.59 Å². The number of anilines is 1. The Labute approximate surface area is 145 Å². The van der Waals surface area contributed by atoms with E-state index >= 15 is 0 Å². The number of hydrogen-bond donors (Lipinski definition) is 1. The highest BCUT2D eigenvalue weighted by Crippen LogP contribution is 2.19. The Kier molecular flexibility index (Phi) is 6.41. The Hall–Kier alpha value is -2.78. The minimum Gasteiger partial charge on any atom is -0.481 e. The van der Waals surface area contributed by atoms with Crippen LogP contribution in [0.3, 0.4) is 0 Å². The molecule has 0 aliphatic carbocycles. The van der Waals surface area contributed by atoms with Gasteiger partial charge in [0.05, 0.1) is 0 Å². The summed E-state index contributed by atoms with van der Waals surface area (Å²) in [6.45, 7) is 0.499. The molecule has 2 amide bonds. The molecule has 1 aromatic heterocycles. The second kappa shape index (κ2) is 8.75. The lowest BCUT2D eigenvalue weighted by atomic mass is 10.2. The van der Waals surface area contributed by atoms with Gasteiger partial charge in [0.1, 0.15) is 12.4 Å². The van der Waals surface area contributed by atoms with Crippen LogP contribution >= 0.6 is 11.3 Å². The first-order valence-corrected chi connectivity index (χ1v) is 8.29. The number of benzene rings is 1. The van der Waals surface area contributed by atoms with Crippen molar-refractivity contribution in [3.63, 3.8) is 0 Å². The molecule has 0 aliphatic heterocycles. The molecule has 0 saturated carbocycles. The lowest BCUT2D eigenvalue weighted by molar-refractivity contribution is -0.118. The predicted molar refractivity (Wildman–Crippen MR) is 95.4 cm³/mol. The summed E-state index contributed by atoms with van der Waals surface area (Å²) < 4.78 is 5.29. The molecule has 0 atom stereocenters. The van der Waals surface area contributed by atoms with E-state index < -0.39 is 0 Å². The molecule has 0 saturated heterocycles. The highest BCUT2D eigenvalue weighted by Gasteiger charge is 2.12. The zero-order valence-electron chi connectivity index (χ0n) is 13.3. The molecular weight excluding hydrogens is 324 g/mol. The minimum atomic E-state index is -0.165. The Balaban J connectivity index is 1.81. The van der Waals surface area contributed by atoms with Gasteiger partial charge >= 0.3 is 0 Å². The van der Waals surface area contributed by atoms with Gasteiger partial charge in [-0.1, -0.05) is 5.92 Å². The third-order valence-corrected chi connectivity index (χ3v) is 4.01. The van der Waals surface area contributed by atoms with Crippen molar-refractivity contribution in [2.24, 2.45) is 0 Å². The number of amides is 2. The Morgan fingerprint density at radius 1 is 1.29 bits per heavy atom. The van der Waals surface area contributed by atoms with Gasteiger partial charge in [-0.05, 0) is 35.7 Å². The number of thiophene rings is 1. The van der Waals surface area contributed by atoms with Crippen LogP contribution in [0.15, 0.2) is 41.1 Å². The third kappa shape index (κ3) is 4.86. The largest absolute Gasteiger partial charge is 0.481 e. The van der Waals surface area contributed by atoms with E-state index in [-0.39, 0.29) is 24.8 Å². The maximum Gasteiger partial charge on any atom is 0.252 e. The molecule has 124 valence electrons. The number of carbonyl (C=O) groups is 2. The van der Waals surface area contributed by atoms with Crippen LogP contribution < -0.4 is 15.0 Å². The molecule has 24 heavy (non-hydrogen) atoms. The molecule has 0 fully saturated rings. The van der Waals surface area contributed by atoms with Crippen LogP contribution in [0.2, 0.25) is 0 Å². The van der Waals surface area contributed by atoms with Crippen molar-refractivity contribution in [2.45, 2.75) is 6.42 Å². The SMILES string of the molecule is C#CCOc1ccc(N(C)C(=O)CCNC(=O)c2ccsc2)cc1. The molecule has 0 unspecified atom stereocenters. The summed E-state index contributed by atoms with van der Waals surface area (Å²) in [5.41, 5.74) is 1.36. The minimum absolute atomic E-state index is 0.0853. The summed E-state index contributed by atoms with van der Waals surface area (Å²) >= 11 is 1.46. The summed E-state index contributed by atoms with van der Waals surface area (Å²) in [4.78, 5) is 25.5. The lowest BCUT2D eigenvalue weighted by Gasteiger charge is -2.18. The van der Waals surface area contributed by atoms with E-state index in [2.05, 4.69) is 11.2 Å². The maximum atomic E-state index is 12.2. The van der Waals surface area contributed by atoms with Gasteiger partial charge in [-0.15, -0.1) is 6.42 Å². The van der Waals surface area contributed by atoms with Gasteiger partial charge < -0.3 is 15.0 Å². The van der Waals surface area contributed by atoms with E-state index in [0.717, 1.165) is 5.69 Å². The fourth-order valence-corrected chi connectivity index (χ4v) is 2.62. The number of ether oxygens (including phenoxy) is 1. The molecule has 1 heterocycles. The smallest absolute Gasteiger partial charge is 0.252 e. The van der Waals surface area contributed by atoms with Crippen LogP contribution in [0.25, 0.3) is 0 Å². The van der Waals surface area contributed by atoms with Crippen LogP contribution in [-0.4, -0.2) is 32.0 Å². The van der Waals surface area contributed by atoms with E-state index in [1.807, 2.05) is 5.38 Å². The quantitative estimate of drug-likeness (QED) is 0.787. The number of rotatable bonds is 7. The molecule has 0 spiro atoms. The standard InChI is InChI=1S/C18H18N2O3S/c1-3-11-23-16-6-4-15(5-7-16)20(2)17(21)8-10-19-18(22)14-9-12-24-13-14/h1,4-7,9,12-13H,8,10-11H2,2H3,(H,19,22). The average Bonchev–Trinajstić information content (AvgIpc) is 3.14. The van der Waals surface area contributed by atoms with Crippen LogP contribution in [0.1, 0.15) is 16.8 Å². The van der Waals surface area contributed by atoms with E-state index in [1.54, 1.807) is 47.7 Å². The van der Waals surface area contributed by atoms with Gasteiger partial charge in [0.2, 0.25) is 5.91 Å². The van der Waals surface area contributed by atoms with Crippen molar-refractivity contribution in [3.8, 4) is 18.1 Å². The summed E-state index contributed by atoms with van der Waals surface area (Å²) in [5, 5.41) is 6.35. The number of nitrogens with zero attached hydrogens (tertiary/aromatic N) is 1. The molecule has 6 heteroatoms. The van der Waals surface area contributed by atoms with Gasteiger partial charge in [-0.25, -0.2) is 0 Å². The van der Waals surface area contributed by atoms with Crippen molar-refractivity contribution < 1.29 is 14.3 Å². The van der Waals surface area contributed by atoms with Crippen molar-refractivity contribution in [3.05, 3.63) is 46.7 Å². The Morgan fingerprint density at radius 2 is 2.04 bits per heavy atom. The third-order valence-electron chi connectivity index (χ3n) is 3.33. The topological polar surface area (TPSA) is 58.6 Å². The molecule has 0 radical (unpaired) electrons. The number of carbonyl (C=O) groups excluding carboxylic acids is 2. The first-order valence-electron chi connectivity index (χ1n) is 7.35. The first kappa shape index (κ1) is 17.6. The van der Waals surface area contributed by atoms with E-state index in [1.165, 1.54) is 11.3 Å². The molecular formula is C18H18N2O3S. The Bertz CT molecular complexity index is 718. The first-order chi connectivity index (χ1) is 11.6. The van der Waals surface area contributed by atoms with Crippen molar-refractivity contribution in [1.82, 2.24) is 5.32 Å². The van der Waals surface area contributed by atoms with Crippen LogP contribution in [0.4, 0.5) is 5.69 Å². The highest BCUT2D eigenvalue weighted by molar-refractivity contribution is 7.08. The second-order valence-electron chi connectivity index (χ2n) is 4.96. The molecule has 1 N–H and O–H groups in total. The maximum absolute atomic E-state index is 12.2. The second-order valence-corrected chi connectivity index (χ2v) is 5.74. The molecule has 0 bridgehead atoms. The van der Waals surface area contributed by atoms with E-state index in [4.69, 9.17) is 11.2 Å². The fourth-order valence-electron chi connectivity index (χ4n) is 1.98. The summed E-state index contributed by atoms with van der Waals surface area (Å²) in [6, 6.07) is 8.84. The van der Waals surface area contributed by atoms with Crippen LogP contribution in [0.5, 0.6) is 5.75 Å². The normalized spacial score (nSPS) is 9.83. The molecule has 1 aromatic carbocycles. The molecule has 5 nitrogen and oxygen atoms in total. The molecule has 2 rings (SSSR count). The number of nitrogens with one attached hydrogen (secondary N) is 1. The number of terminal acetylenes is 1. The molecule has 2 aromatic rings. The zero-order valence-corrected chi connectivity index (χ0v) is 14.1. The fraction of sp³-hybridized carbons (Fsp3) is 0.222. The zero-order chi connectivity index (χ0) is 17.4. The molecule has 0 aliphatic rings. The van der Waals surface area contributed by atoms with Crippen molar-refractivity contribution >= 4 is 28.8 Å². The van der Waals surface area contributed by atoms with E-state index in [0.29, 0.717) is 17.9 Å². The van der Waals surface area contributed by atoms with Gasteiger partial charge in [-0.3, -0.25) is 9.59 Å². The summed E-state index contributed by atoms with van der Waals surface area (Å²) in [6.07, 6.45) is 5.36. The average molecular weight is 342 g/mol. The summed E-state index contributed by atoms with van der Waals surface area (Å²) in [7, 11) is 1.69. The predicted octanol–water partition coefficient (Wildman–Crippen LogP) is 2.54.